The van der Waals surface area contributed by atoms with Gasteiger partial charge in [-0.1, -0.05) is 15.9 Å². The molecule has 1 aliphatic rings. The first-order chi connectivity index (χ1) is 14.1. The van der Waals surface area contributed by atoms with Crippen LogP contribution in [0, 0.1) is 5.82 Å². The second-order valence-electron chi connectivity index (χ2n) is 6.72. The molecule has 29 heavy (non-hydrogen) atoms. The van der Waals surface area contributed by atoms with Gasteiger partial charge < -0.3 is 14.5 Å². The molecule has 0 radical (unpaired) electrons. The summed E-state index contributed by atoms with van der Waals surface area (Å²) < 4.78 is 21.4. The summed E-state index contributed by atoms with van der Waals surface area (Å²) in [7, 11) is 0. The highest BCUT2D eigenvalue weighted by Crippen LogP contribution is 2.18. The van der Waals surface area contributed by atoms with E-state index in [1.165, 1.54) is 12.1 Å². The Hall–Kier alpha value is -2.87. The lowest BCUT2D eigenvalue weighted by Crippen LogP contribution is -2.48. The fraction of sp³-hybridized carbons (Fsp3) is 0.238. The maximum Gasteiger partial charge on any atom is 0.274 e. The Kier molecular flexibility index (Phi) is 5.80. The number of carbonyl (C=O) groups is 1. The van der Waals surface area contributed by atoms with Gasteiger partial charge in [0.1, 0.15) is 11.6 Å². The first-order valence-corrected chi connectivity index (χ1v) is 10.1. The largest absolute Gasteiger partial charge is 0.471 e. The molecule has 0 N–H and O–H groups in total. The summed E-state index contributed by atoms with van der Waals surface area (Å²) in [4.78, 5) is 16.7. The molecule has 1 saturated heterocycles. The Balaban J connectivity index is 1.31. The van der Waals surface area contributed by atoms with Crippen LogP contribution in [0.3, 0.4) is 0 Å². The zero-order valence-corrected chi connectivity index (χ0v) is 17.3. The first-order valence-electron chi connectivity index (χ1n) is 9.30. The Morgan fingerprint density at radius 1 is 1.00 bits per heavy atom. The van der Waals surface area contributed by atoms with Crippen molar-refractivity contribution in [2.75, 3.05) is 31.1 Å². The van der Waals surface area contributed by atoms with Crippen LogP contribution in [-0.2, 0) is 6.73 Å². The average Bonchev–Trinajstić information content (AvgIpc) is 3.23. The Morgan fingerprint density at radius 3 is 2.38 bits per heavy atom. The van der Waals surface area contributed by atoms with Gasteiger partial charge in [-0.25, -0.2) is 9.07 Å². The number of nitrogens with zero attached hydrogens (tertiary/aromatic N) is 4. The molecule has 6 nitrogen and oxygen atoms in total. The quantitative estimate of drug-likeness (QED) is 0.583. The fourth-order valence-corrected chi connectivity index (χ4v) is 3.47. The van der Waals surface area contributed by atoms with Gasteiger partial charge in [-0.3, -0.25) is 4.79 Å². The van der Waals surface area contributed by atoms with E-state index in [4.69, 9.17) is 4.74 Å². The van der Waals surface area contributed by atoms with Gasteiger partial charge in [0.2, 0.25) is 0 Å². The number of ether oxygens (including phenoxy) is 1. The Labute approximate surface area is 176 Å². The van der Waals surface area contributed by atoms with Gasteiger partial charge in [-0.05, 0) is 54.6 Å². The molecule has 3 aromatic rings. The number of amides is 1. The molecule has 8 heteroatoms. The zero-order chi connectivity index (χ0) is 20.2. The van der Waals surface area contributed by atoms with Gasteiger partial charge in [-0.2, -0.15) is 5.10 Å². The van der Waals surface area contributed by atoms with Gasteiger partial charge in [0.15, 0.2) is 12.4 Å². The number of piperazine rings is 1. The molecule has 0 aliphatic carbocycles. The lowest BCUT2D eigenvalue weighted by molar-refractivity contribution is 0.0738. The van der Waals surface area contributed by atoms with Crippen molar-refractivity contribution in [1.82, 2.24) is 14.7 Å². The summed E-state index contributed by atoms with van der Waals surface area (Å²) in [6.07, 6.45) is 1.74. The molecule has 1 aromatic heterocycles. The minimum atomic E-state index is -0.248. The second kappa shape index (κ2) is 8.65. The molecule has 0 unspecified atom stereocenters. The average molecular weight is 459 g/mol. The molecule has 1 amide bonds. The number of halogens is 2. The van der Waals surface area contributed by atoms with Gasteiger partial charge in [0.25, 0.3) is 5.91 Å². The third kappa shape index (κ3) is 4.76. The van der Waals surface area contributed by atoms with Crippen molar-refractivity contribution >= 4 is 27.5 Å². The van der Waals surface area contributed by atoms with E-state index >= 15 is 0 Å². The van der Waals surface area contributed by atoms with Crippen molar-refractivity contribution in [3.63, 3.8) is 0 Å². The van der Waals surface area contributed by atoms with Crippen molar-refractivity contribution in [1.29, 1.82) is 0 Å². The fourth-order valence-electron chi connectivity index (χ4n) is 3.20. The van der Waals surface area contributed by atoms with Crippen molar-refractivity contribution in [2.24, 2.45) is 0 Å². The van der Waals surface area contributed by atoms with E-state index in [0.717, 1.165) is 15.9 Å². The minimum absolute atomic E-state index is 0.0915. The molecule has 0 atom stereocenters. The molecule has 0 saturated carbocycles. The van der Waals surface area contributed by atoms with Crippen LogP contribution >= 0.6 is 15.9 Å². The minimum Gasteiger partial charge on any atom is -0.471 e. The van der Waals surface area contributed by atoms with Gasteiger partial charge >= 0.3 is 0 Å². The summed E-state index contributed by atoms with van der Waals surface area (Å²) in [6.45, 7) is 2.82. The SMILES string of the molecule is O=C(c1ccn(COc2ccc(Br)cc2)n1)N1CCN(c2ccc(F)cc2)CC1. The molecule has 4 rings (SSSR count). The standard InChI is InChI=1S/C21H20BrFN4O2/c22-16-1-7-19(8-2-16)29-15-27-10-9-20(24-27)21(28)26-13-11-25(12-14-26)18-5-3-17(23)4-6-18/h1-10H,11-15H2. The predicted molar refractivity (Wildman–Crippen MR) is 112 cm³/mol. The van der Waals surface area contributed by atoms with E-state index < -0.39 is 0 Å². The highest BCUT2D eigenvalue weighted by Gasteiger charge is 2.23. The van der Waals surface area contributed by atoms with Gasteiger partial charge in [-0.15, -0.1) is 0 Å². The van der Waals surface area contributed by atoms with E-state index in [-0.39, 0.29) is 18.5 Å². The van der Waals surface area contributed by atoms with Crippen molar-refractivity contribution in [3.8, 4) is 5.75 Å². The van der Waals surface area contributed by atoms with Crippen molar-refractivity contribution in [3.05, 3.63) is 76.8 Å². The normalized spacial score (nSPS) is 14.1. The van der Waals surface area contributed by atoms with Crippen LogP contribution < -0.4 is 9.64 Å². The number of rotatable bonds is 5. The van der Waals surface area contributed by atoms with E-state index in [9.17, 15) is 9.18 Å². The van der Waals surface area contributed by atoms with Crippen molar-refractivity contribution in [2.45, 2.75) is 6.73 Å². The molecule has 1 aliphatic heterocycles. The second-order valence-corrected chi connectivity index (χ2v) is 7.64. The monoisotopic (exact) mass is 458 g/mol. The molecule has 2 aromatic carbocycles. The summed E-state index contributed by atoms with van der Waals surface area (Å²) in [5.41, 5.74) is 1.37. The lowest BCUT2D eigenvalue weighted by atomic mass is 10.2. The molecule has 0 spiro atoms. The maximum atomic E-state index is 13.1. The van der Waals surface area contributed by atoms with E-state index in [0.29, 0.717) is 31.9 Å². The summed E-state index contributed by atoms with van der Waals surface area (Å²) >= 11 is 3.38. The lowest BCUT2D eigenvalue weighted by Gasteiger charge is -2.35. The summed E-state index contributed by atoms with van der Waals surface area (Å²) in [5.74, 6) is 0.391. The number of aromatic nitrogens is 2. The molecular formula is C21H20BrFN4O2. The highest BCUT2D eigenvalue weighted by molar-refractivity contribution is 9.10. The number of carbonyl (C=O) groups excluding carboxylic acids is 1. The highest BCUT2D eigenvalue weighted by atomic mass is 79.9. The maximum absolute atomic E-state index is 13.1. The van der Waals surface area contributed by atoms with E-state index in [1.54, 1.807) is 34.0 Å². The third-order valence-electron chi connectivity index (χ3n) is 4.80. The number of anilines is 1. The van der Waals surface area contributed by atoms with Crippen LogP contribution in [0.5, 0.6) is 5.75 Å². The van der Waals surface area contributed by atoms with Crippen molar-refractivity contribution < 1.29 is 13.9 Å². The molecule has 0 bridgehead atoms. The third-order valence-corrected chi connectivity index (χ3v) is 5.32. The number of hydrogen-bond acceptors (Lipinski definition) is 4. The topological polar surface area (TPSA) is 50.6 Å². The predicted octanol–water partition coefficient (Wildman–Crippen LogP) is 3.78. The number of hydrogen-bond donors (Lipinski definition) is 0. The van der Waals surface area contributed by atoms with Crippen LogP contribution in [0.15, 0.2) is 65.3 Å². The Bertz CT molecular complexity index is 967. The van der Waals surface area contributed by atoms with Crippen LogP contribution in [0.4, 0.5) is 10.1 Å². The summed E-state index contributed by atoms with van der Waals surface area (Å²) in [5, 5.41) is 4.34. The van der Waals surface area contributed by atoms with E-state index in [2.05, 4.69) is 25.9 Å². The van der Waals surface area contributed by atoms with Crippen LogP contribution in [-0.4, -0.2) is 46.8 Å². The smallest absolute Gasteiger partial charge is 0.274 e. The molecule has 1 fully saturated rings. The molecule has 150 valence electrons. The Morgan fingerprint density at radius 2 is 1.69 bits per heavy atom. The van der Waals surface area contributed by atoms with E-state index in [1.807, 2.05) is 24.3 Å². The molecular weight excluding hydrogens is 439 g/mol. The van der Waals surface area contributed by atoms with Gasteiger partial charge in [0, 0.05) is 42.5 Å². The number of benzene rings is 2. The molecule has 2 heterocycles. The van der Waals surface area contributed by atoms with Crippen LogP contribution in [0.25, 0.3) is 0 Å². The first kappa shape index (κ1) is 19.4. The summed E-state index contributed by atoms with van der Waals surface area (Å²) in [6, 6.07) is 15.7. The van der Waals surface area contributed by atoms with Crippen LogP contribution in [0.2, 0.25) is 0 Å². The van der Waals surface area contributed by atoms with Gasteiger partial charge in [0.05, 0.1) is 0 Å². The zero-order valence-electron chi connectivity index (χ0n) is 15.7. The van der Waals surface area contributed by atoms with Crippen LogP contribution in [0.1, 0.15) is 10.5 Å².